The number of sulfonamides is 1. The van der Waals surface area contributed by atoms with Gasteiger partial charge in [0, 0.05) is 18.9 Å². The number of aryl methyl sites for hydroxylation is 1. The lowest BCUT2D eigenvalue weighted by molar-refractivity contribution is 0.121. The molecule has 0 fully saturated rings. The van der Waals surface area contributed by atoms with E-state index in [9.17, 15) is 17.2 Å². The number of hydrogen-bond acceptors (Lipinski definition) is 4. The van der Waals surface area contributed by atoms with Crippen LogP contribution in [0.25, 0.3) is 0 Å². The molecule has 18 heavy (non-hydrogen) atoms. The van der Waals surface area contributed by atoms with Crippen LogP contribution in [0.1, 0.15) is 0 Å². The monoisotopic (exact) mass is 410 g/mol. The van der Waals surface area contributed by atoms with Gasteiger partial charge in [0.25, 0.3) is 16.4 Å². The highest BCUT2D eigenvalue weighted by molar-refractivity contribution is 9.10. The number of rotatable bonds is 6. The lowest BCUT2D eigenvalue weighted by Crippen LogP contribution is -2.37. The smallest absolute Gasteiger partial charge is 0.235 e. The third kappa shape index (κ3) is 3.45. The Balaban J connectivity index is 3.17. The summed E-state index contributed by atoms with van der Waals surface area (Å²) in [6.45, 7) is -0.935. The molecule has 11 heteroatoms. The second-order valence-corrected chi connectivity index (χ2v) is 6.65. The standard InChI is InChI=1S/C7H10Br2F2N4O2S/c1-14-7(6(9)12-13-14)18(16,17)15(3-2-8)4-5(10)11/h5H,2-4H2,1H3. The maximum absolute atomic E-state index is 12.4. The summed E-state index contributed by atoms with van der Waals surface area (Å²) in [5.41, 5.74) is 0. The topological polar surface area (TPSA) is 68.1 Å². The molecule has 0 amide bonds. The second-order valence-electron chi connectivity index (χ2n) is 3.25. The normalized spacial score (nSPS) is 12.6. The summed E-state index contributed by atoms with van der Waals surface area (Å²) in [7, 11) is -2.69. The second kappa shape index (κ2) is 6.35. The summed E-state index contributed by atoms with van der Waals surface area (Å²) in [5.74, 6) is 0. The molecule has 0 unspecified atom stereocenters. The number of alkyl halides is 3. The van der Waals surface area contributed by atoms with Gasteiger partial charge < -0.3 is 0 Å². The van der Waals surface area contributed by atoms with E-state index in [2.05, 4.69) is 42.2 Å². The highest BCUT2D eigenvalue weighted by Gasteiger charge is 2.32. The first-order valence-electron chi connectivity index (χ1n) is 4.70. The maximum Gasteiger partial charge on any atom is 0.263 e. The predicted molar refractivity (Wildman–Crippen MR) is 67.3 cm³/mol. The van der Waals surface area contributed by atoms with Crippen molar-refractivity contribution in [1.82, 2.24) is 19.3 Å². The summed E-state index contributed by atoms with van der Waals surface area (Å²) in [6.07, 6.45) is -2.75. The lowest BCUT2D eigenvalue weighted by atomic mass is 10.6. The Labute approximate surface area is 120 Å². The van der Waals surface area contributed by atoms with Crippen molar-refractivity contribution in [3.8, 4) is 0 Å². The molecule has 1 rings (SSSR count). The average Bonchev–Trinajstić information content (AvgIpc) is 2.57. The zero-order chi connectivity index (χ0) is 13.9. The Morgan fingerprint density at radius 1 is 1.50 bits per heavy atom. The van der Waals surface area contributed by atoms with Gasteiger partial charge in [-0.25, -0.2) is 21.9 Å². The lowest BCUT2D eigenvalue weighted by Gasteiger charge is -2.20. The van der Waals surface area contributed by atoms with Crippen molar-refractivity contribution >= 4 is 41.9 Å². The van der Waals surface area contributed by atoms with E-state index in [0.717, 1.165) is 4.68 Å². The Bertz CT molecular complexity index is 488. The van der Waals surface area contributed by atoms with E-state index in [-0.39, 0.29) is 21.5 Å². The molecule has 1 aromatic heterocycles. The van der Waals surface area contributed by atoms with Crippen molar-refractivity contribution in [2.75, 3.05) is 18.4 Å². The van der Waals surface area contributed by atoms with Crippen molar-refractivity contribution in [2.45, 2.75) is 11.5 Å². The quantitative estimate of drug-likeness (QED) is 0.660. The zero-order valence-corrected chi connectivity index (χ0v) is 13.2. The molecule has 0 saturated heterocycles. The Morgan fingerprint density at radius 3 is 2.50 bits per heavy atom. The van der Waals surface area contributed by atoms with Crippen LogP contribution < -0.4 is 0 Å². The SMILES string of the molecule is Cn1nnc(Br)c1S(=O)(=O)N(CCBr)CC(F)F. The van der Waals surface area contributed by atoms with E-state index in [1.807, 2.05) is 0 Å². The van der Waals surface area contributed by atoms with Crippen molar-refractivity contribution < 1.29 is 17.2 Å². The molecule has 6 nitrogen and oxygen atoms in total. The van der Waals surface area contributed by atoms with Gasteiger partial charge in [0.05, 0.1) is 6.54 Å². The third-order valence-electron chi connectivity index (χ3n) is 2.00. The van der Waals surface area contributed by atoms with Crippen LogP contribution in [-0.2, 0) is 17.1 Å². The van der Waals surface area contributed by atoms with Gasteiger partial charge >= 0.3 is 0 Å². The highest BCUT2D eigenvalue weighted by Crippen LogP contribution is 2.22. The van der Waals surface area contributed by atoms with Crippen LogP contribution in [0.3, 0.4) is 0 Å². The largest absolute Gasteiger partial charge is 0.263 e. The minimum atomic E-state index is -4.06. The summed E-state index contributed by atoms with van der Waals surface area (Å²) in [6, 6.07) is 0. The first kappa shape index (κ1) is 15.9. The van der Waals surface area contributed by atoms with Gasteiger partial charge in [-0.3, -0.25) is 0 Å². The molecular formula is C7H10Br2F2N4O2S. The summed E-state index contributed by atoms with van der Waals surface area (Å²) >= 11 is 5.97. The molecule has 0 aliphatic rings. The van der Waals surface area contributed by atoms with E-state index < -0.39 is 23.0 Å². The summed E-state index contributed by atoms with van der Waals surface area (Å²) in [4.78, 5) is 0. The third-order valence-corrected chi connectivity index (χ3v) is 5.11. The van der Waals surface area contributed by atoms with Crippen LogP contribution in [0.4, 0.5) is 8.78 Å². The van der Waals surface area contributed by atoms with Crippen molar-refractivity contribution in [1.29, 1.82) is 0 Å². The first-order valence-corrected chi connectivity index (χ1v) is 8.05. The van der Waals surface area contributed by atoms with Crippen LogP contribution in [0.15, 0.2) is 9.63 Å². The summed E-state index contributed by atoms with van der Waals surface area (Å²) in [5, 5.41) is 7.05. The first-order chi connectivity index (χ1) is 8.30. The molecule has 0 spiro atoms. The van der Waals surface area contributed by atoms with Crippen molar-refractivity contribution in [3.63, 3.8) is 0 Å². The molecule has 0 saturated carbocycles. The number of halogens is 4. The molecule has 0 bridgehead atoms. The molecular weight excluding hydrogens is 402 g/mol. The van der Waals surface area contributed by atoms with Gasteiger partial charge in [0.15, 0.2) is 4.60 Å². The van der Waals surface area contributed by atoms with Gasteiger partial charge in [-0.1, -0.05) is 21.1 Å². The fraction of sp³-hybridized carbons (Fsp3) is 0.714. The number of aromatic nitrogens is 3. The Morgan fingerprint density at radius 2 is 2.11 bits per heavy atom. The van der Waals surface area contributed by atoms with Crippen LogP contribution in [-0.4, -0.2) is 52.6 Å². The van der Waals surface area contributed by atoms with Crippen LogP contribution in [0.2, 0.25) is 0 Å². The van der Waals surface area contributed by atoms with Crippen molar-refractivity contribution in [3.05, 3.63) is 4.60 Å². The van der Waals surface area contributed by atoms with Crippen molar-refractivity contribution in [2.24, 2.45) is 7.05 Å². The zero-order valence-electron chi connectivity index (χ0n) is 9.22. The molecule has 1 heterocycles. The van der Waals surface area contributed by atoms with E-state index in [1.165, 1.54) is 7.05 Å². The molecule has 104 valence electrons. The van der Waals surface area contributed by atoms with E-state index in [4.69, 9.17) is 0 Å². The fourth-order valence-electron chi connectivity index (χ4n) is 1.28. The van der Waals surface area contributed by atoms with E-state index in [0.29, 0.717) is 4.31 Å². The predicted octanol–water partition coefficient (Wildman–Crippen LogP) is 1.23. The van der Waals surface area contributed by atoms with E-state index >= 15 is 0 Å². The Kier molecular flexibility index (Phi) is 5.62. The molecule has 0 aliphatic heterocycles. The van der Waals surface area contributed by atoms with Crippen LogP contribution >= 0.6 is 31.9 Å². The molecule has 0 aliphatic carbocycles. The highest BCUT2D eigenvalue weighted by atomic mass is 79.9. The van der Waals surface area contributed by atoms with Gasteiger partial charge in [0.2, 0.25) is 5.03 Å². The van der Waals surface area contributed by atoms with E-state index in [1.54, 1.807) is 0 Å². The maximum atomic E-state index is 12.4. The average molecular weight is 412 g/mol. The number of nitrogens with zero attached hydrogens (tertiary/aromatic N) is 4. The number of hydrogen-bond donors (Lipinski definition) is 0. The molecule has 0 atom stereocenters. The van der Waals surface area contributed by atoms with Gasteiger partial charge in [-0.05, 0) is 15.9 Å². The van der Waals surface area contributed by atoms with Gasteiger partial charge in [0.1, 0.15) is 0 Å². The summed E-state index contributed by atoms with van der Waals surface area (Å²) < 4.78 is 50.9. The fourth-order valence-corrected chi connectivity index (χ4v) is 4.39. The molecule has 1 aromatic rings. The van der Waals surface area contributed by atoms with Gasteiger partial charge in [-0.15, -0.1) is 5.10 Å². The minimum absolute atomic E-state index is 0.00108. The van der Waals surface area contributed by atoms with Crippen LogP contribution in [0, 0.1) is 0 Å². The molecule has 0 radical (unpaired) electrons. The minimum Gasteiger partial charge on any atom is -0.235 e. The molecule has 0 aromatic carbocycles. The Hall–Kier alpha value is -0.130. The van der Waals surface area contributed by atoms with Crippen LogP contribution in [0.5, 0.6) is 0 Å². The molecule has 0 N–H and O–H groups in total. The van der Waals surface area contributed by atoms with Gasteiger partial charge in [-0.2, -0.15) is 4.31 Å².